The van der Waals surface area contributed by atoms with Crippen LogP contribution in [0.5, 0.6) is 5.75 Å². The fraction of sp³-hybridized carbons (Fsp3) is 0.263. The molecule has 3 rings (SSSR count). The molecule has 2 aromatic rings. The van der Waals surface area contributed by atoms with Crippen LogP contribution >= 0.6 is 0 Å². The van der Waals surface area contributed by atoms with E-state index in [4.69, 9.17) is 9.84 Å². The molecule has 1 aliphatic rings. The standard InChI is InChI=1S/C19H18FNO4/c1-2-11-4-3-5-14-16(8-9-25-17(11)14)21-18(22)13-7-6-12(19(23)24)10-15(13)20/h3-7,10,16H,2,8-9H2,1H3,(H,21,22)(H,23,24). The van der Waals surface area contributed by atoms with E-state index in [9.17, 15) is 14.0 Å². The number of fused-ring (bicyclic) bond motifs is 1. The van der Waals surface area contributed by atoms with Crippen molar-refractivity contribution in [2.45, 2.75) is 25.8 Å². The topological polar surface area (TPSA) is 75.6 Å². The molecule has 1 aliphatic heterocycles. The van der Waals surface area contributed by atoms with Crippen molar-refractivity contribution >= 4 is 11.9 Å². The van der Waals surface area contributed by atoms with Crippen LogP contribution in [0.2, 0.25) is 0 Å². The van der Waals surface area contributed by atoms with Crippen molar-refractivity contribution in [3.05, 3.63) is 64.5 Å². The highest BCUT2D eigenvalue weighted by molar-refractivity contribution is 5.96. The average Bonchev–Trinajstić information content (AvgIpc) is 2.61. The van der Waals surface area contributed by atoms with Crippen LogP contribution in [0.1, 0.15) is 51.2 Å². The normalized spacial score (nSPS) is 15.8. The van der Waals surface area contributed by atoms with E-state index < -0.39 is 17.7 Å². The van der Waals surface area contributed by atoms with Gasteiger partial charge in [-0.3, -0.25) is 4.79 Å². The molecule has 1 atom stereocenters. The van der Waals surface area contributed by atoms with Crippen LogP contribution in [-0.2, 0) is 6.42 Å². The minimum Gasteiger partial charge on any atom is -0.493 e. The lowest BCUT2D eigenvalue weighted by Gasteiger charge is -2.28. The van der Waals surface area contributed by atoms with Gasteiger partial charge in [0, 0.05) is 12.0 Å². The van der Waals surface area contributed by atoms with Gasteiger partial charge in [0.2, 0.25) is 0 Å². The first kappa shape index (κ1) is 17.0. The first-order chi connectivity index (χ1) is 12.0. The molecule has 130 valence electrons. The van der Waals surface area contributed by atoms with Crippen LogP contribution < -0.4 is 10.1 Å². The number of hydrogen-bond donors (Lipinski definition) is 2. The molecule has 5 nitrogen and oxygen atoms in total. The van der Waals surface area contributed by atoms with Gasteiger partial charge in [0.25, 0.3) is 5.91 Å². The van der Waals surface area contributed by atoms with Crippen LogP contribution in [0.4, 0.5) is 4.39 Å². The van der Waals surface area contributed by atoms with Gasteiger partial charge in [0.05, 0.1) is 23.8 Å². The Morgan fingerprint density at radius 3 is 2.80 bits per heavy atom. The number of halogens is 1. The molecule has 0 bridgehead atoms. The number of aryl methyl sites for hydroxylation is 1. The number of carboxylic acids is 1. The van der Waals surface area contributed by atoms with E-state index >= 15 is 0 Å². The monoisotopic (exact) mass is 343 g/mol. The van der Waals surface area contributed by atoms with Crippen molar-refractivity contribution in [2.24, 2.45) is 0 Å². The average molecular weight is 343 g/mol. The number of carbonyl (C=O) groups is 2. The molecule has 1 unspecified atom stereocenters. The first-order valence-electron chi connectivity index (χ1n) is 8.09. The van der Waals surface area contributed by atoms with Crippen LogP contribution in [0.3, 0.4) is 0 Å². The van der Waals surface area contributed by atoms with Crippen molar-refractivity contribution in [3.63, 3.8) is 0 Å². The molecule has 2 N–H and O–H groups in total. The molecule has 25 heavy (non-hydrogen) atoms. The molecule has 2 aromatic carbocycles. The number of amides is 1. The fourth-order valence-electron chi connectivity index (χ4n) is 2.99. The quantitative estimate of drug-likeness (QED) is 0.893. The molecule has 0 fully saturated rings. The Labute approximate surface area is 144 Å². The largest absolute Gasteiger partial charge is 0.493 e. The van der Waals surface area contributed by atoms with Gasteiger partial charge in [-0.15, -0.1) is 0 Å². The second kappa shape index (κ2) is 6.93. The number of benzene rings is 2. The summed E-state index contributed by atoms with van der Waals surface area (Å²) in [4.78, 5) is 23.3. The van der Waals surface area contributed by atoms with E-state index in [-0.39, 0.29) is 17.2 Å². The Balaban J connectivity index is 1.85. The van der Waals surface area contributed by atoms with E-state index in [0.717, 1.165) is 29.4 Å². The molecule has 1 heterocycles. The number of para-hydroxylation sites is 1. The molecule has 6 heteroatoms. The van der Waals surface area contributed by atoms with Gasteiger partial charge < -0.3 is 15.2 Å². The number of nitrogens with one attached hydrogen (secondary N) is 1. The maximum atomic E-state index is 14.1. The number of carboxylic acid groups (broad SMARTS) is 1. The van der Waals surface area contributed by atoms with Gasteiger partial charge in [-0.05, 0) is 30.2 Å². The van der Waals surface area contributed by atoms with E-state index in [2.05, 4.69) is 5.32 Å². The van der Waals surface area contributed by atoms with Gasteiger partial charge in [-0.25, -0.2) is 9.18 Å². The molecule has 0 saturated heterocycles. The van der Waals surface area contributed by atoms with Crippen molar-refractivity contribution in [1.82, 2.24) is 5.32 Å². The predicted molar refractivity (Wildman–Crippen MR) is 89.5 cm³/mol. The molecular weight excluding hydrogens is 325 g/mol. The van der Waals surface area contributed by atoms with Crippen LogP contribution in [-0.4, -0.2) is 23.6 Å². The summed E-state index contributed by atoms with van der Waals surface area (Å²) in [6, 6.07) is 8.76. The zero-order valence-electron chi connectivity index (χ0n) is 13.7. The molecule has 0 saturated carbocycles. The van der Waals surface area contributed by atoms with Crippen molar-refractivity contribution < 1.29 is 23.8 Å². The Hall–Kier alpha value is -2.89. The summed E-state index contributed by atoms with van der Waals surface area (Å²) in [6.07, 6.45) is 1.40. The molecule has 0 aliphatic carbocycles. The molecule has 0 radical (unpaired) electrons. The highest BCUT2D eigenvalue weighted by Gasteiger charge is 2.26. The summed E-state index contributed by atoms with van der Waals surface area (Å²) in [6.45, 7) is 2.50. The number of hydrogen-bond acceptors (Lipinski definition) is 3. The molecular formula is C19H18FNO4. The smallest absolute Gasteiger partial charge is 0.335 e. The second-order valence-corrected chi connectivity index (χ2v) is 5.85. The van der Waals surface area contributed by atoms with Crippen molar-refractivity contribution in [2.75, 3.05) is 6.61 Å². The predicted octanol–water partition coefficient (Wildman–Crippen LogP) is 3.34. The van der Waals surface area contributed by atoms with Crippen LogP contribution in [0, 0.1) is 5.82 Å². The minimum atomic E-state index is -1.24. The van der Waals surface area contributed by atoms with E-state index in [1.165, 1.54) is 12.1 Å². The Morgan fingerprint density at radius 1 is 1.32 bits per heavy atom. The highest BCUT2D eigenvalue weighted by atomic mass is 19.1. The number of carbonyl (C=O) groups excluding carboxylic acids is 1. The lowest BCUT2D eigenvalue weighted by molar-refractivity contribution is 0.0695. The van der Waals surface area contributed by atoms with Gasteiger partial charge in [0.15, 0.2) is 0 Å². The second-order valence-electron chi connectivity index (χ2n) is 5.85. The number of ether oxygens (including phenoxy) is 1. The zero-order valence-corrected chi connectivity index (χ0v) is 13.7. The van der Waals surface area contributed by atoms with Crippen molar-refractivity contribution in [1.29, 1.82) is 0 Å². The minimum absolute atomic E-state index is 0.176. The zero-order chi connectivity index (χ0) is 18.0. The van der Waals surface area contributed by atoms with Gasteiger partial charge >= 0.3 is 5.97 Å². The van der Waals surface area contributed by atoms with Crippen LogP contribution in [0.25, 0.3) is 0 Å². The van der Waals surface area contributed by atoms with E-state index in [1.54, 1.807) is 0 Å². The van der Waals surface area contributed by atoms with Gasteiger partial charge in [-0.2, -0.15) is 0 Å². The third kappa shape index (κ3) is 3.33. The van der Waals surface area contributed by atoms with Crippen LogP contribution in [0.15, 0.2) is 36.4 Å². The third-order valence-electron chi connectivity index (χ3n) is 4.30. The Kier molecular flexibility index (Phi) is 4.70. The summed E-state index contributed by atoms with van der Waals surface area (Å²) in [5, 5.41) is 11.7. The third-order valence-corrected chi connectivity index (χ3v) is 4.30. The fourth-order valence-corrected chi connectivity index (χ4v) is 2.99. The highest BCUT2D eigenvalue weighted by Crippen LogP contribution is 2.35. The summed E-state index contributed by atoms with van der Waals surface area (Å²) in [5.41, 5.74) is 1.57. The lowest BCUT2D eigenvalue weighted by atomic mass is 9.96. The number of rotatable bonds is 4. The maximum absolute atomic E-state index is 14.1. The number of aromatic carboxylic acids is 1. The molecule has 0 aromatic heterocycles. The van der Waals surface area contributed by atoms with E-state index in [0.29, 0.717) is 13.0 Å². The Morgan fingerprint density at radius 2 is 2.12 bits per heavy atom. The van der Waals surface area contributed by atoms with Crippen molar-refractivity contribution in [3.8, 4) is 5.75 Å². The maximum Gasteiger partial charge on any atom is 0.335 e. The SMILES string of the molecule is CCc1cccc2c1OCCC2NC(=O)c1ccc(C(=O)O)cc1F. The lowest BCUT2D eigenvalue weighted by Crippen LogP contribution is -2.33. The first-order valence-corrected chi connectivity index (χ1v) is 8.09. The molecule has 0 spiro atoms. The summed E-state index contributed by atoms with van der Waals surface area (Å²) in [7, 11) is 0. The molecule has 1 amide bonds. The summed E-state index contributed by atoms with van der Waals surface area (Å²) in [5.74, 6) is -1.89. The van der Waals surface area contributed by atoms with Gasteiger partial charge in [0.1, 0.15) is 11.6 Å². The Bertz CT molecular complexity index is 834. The van der Waals surface area contributed by atoms with E-state index in [1.807, 2.05) is 25.1 Å². The summed E-state index contributed by atoms with van der Waals surface area (Å²) < 4.78 is 19.8. The van der Waals surface area contributed by atoms with Gasteiger partial charge in [-0.1, -0.05) is 25.1 Å². The summed E-state index contributed by atoms with van der Waals surface area (Å²) >= 11 is 0.